The van der Waals surface area contributed by atoms with Gasteiger partial charge in [-0.15, -0.1) is 0 Å². The Labute approximate surface area is 103 Å². The molecule has 1 aliphatic carbocycles. The van der Waals surface area contributed by atoms with Crippen LogP contribution in [0.4, 0.5) is 4.79 Å². The van der Waals surface area contributed by atoms with E-state index in [1.54, 1.807) is 6.26 Å². The molecular weight excluding hydrogens is 244 g/mol. The quantitative estimate of drug-likeness (QED) is 0.559. The maximum atomic E-state index is 11.4. The van der Waals surface area contributed by atoms with Gasteiger partial charge in [0.15, 0.2) is 0 Å². The Balaban J connectivity index is 2.18. The molecule has 0 aromatic rings. The van der Waals surface area contributed by atoms with E-state index in [9.17, 15) is 13.8 Å². The van der Waals surface area contributed by atoms with Gasteiger partial charge in [-0.1, -0.05) is 0 Å². The predicted octanol–water partition coefficient (Wildman–Crippen LogP) is -0.0826. The monoisotopic (exact) mass is 262 g/mol. The summed E-state index contributed by atoms with van der Waals surface area (Å²) in [6, 6.07) is -1.25. The van der Waals surface area contributed by atoms with Crippen LogP contribution in [0.2, 0.25) is 0 Å². The highest BCUT2D eigenvalue weighted by molar-refractivity contribution is 7.84. The van der Waals surface area contributed by atoms with Crippen molar-refractivity contribution in [3.05, 3.63) is 0 Å². The lowest BCUT2D eigenvalue weighted by Crippen LogP contribution is -2.47. The summed E-state index contributed by atoms with van der Waals surface area (Å²) in [5.41, 5.74) is 0. The molecule has 17 heavy (non-hydrogen) atoms. The minimum Gasteiger partial charge on any atom is -0.480 e. The number of hydrogen-bond acceptors (Lipinski definition) is 3. The van der Waals surface area contributed by atoms with Gasteiger partial charge in [-0.05, 0) is 25.2 Å². The fraction of sp³-hybridized carbons (Fsp3) is 0.800. The topological polar surface area (TPSA) is 95.5 Å². The molecule has 0 bridgehead atoms. The van der Waals surface area contributed by atoms with Crippen LogP contribution < -0.4 is 10.6 Å². The average molecular weight is 262 g/mol. The van der Waals surface area contributed by atoms with Gasteiger partial charge in [0.05, 0.1) is 0 Å². The molecule has 3 N–H and O–H groups in total. The van der Waals surface area contributed by atoms with Gasteiger partial charge in [0.25, 0.3) is 0 Å². The van der Waals surface area contributed by atoms with Crippen LogP contribution in [0.3, 0.4) is 0 Å². The summed E-state index contributed by atoms with van der Waals surface area (Å²) < 4.78 is 10.8. The Morgan fingerprint density at radius 2 is 2.12 bits per heavy atom. The average Bonchev–Trinajstić information content (AvgIpc) is 3.04. The number of carboxylic acids is 1. The Morgan fingerprint density at radius 3 is 2.59 bits per heavy atom. The molecule has 1 fully saturated rings. The first kappa shape index (κ1) is 14.0. The van der Waals surface area contributed by atoms with Crippen molar-refractivity contribution in [3.8, 4) is 0 Å². The van der Waals surface area contributed by atoms with E-state index in [0.29, 0.717) is 18.7 Å². The van der Waals surface area contributed by atoms with Crippen LogP contribution >= 0.6 is 0 Å². The molecule has 0 aliphatic heterocycles. The zero-order valence-electron chi connectivity index (χ0n) is 9.77. The van der Waals surface area contributed by atoms with Gasteiger partial charge >= 0.3 is 12.0 Å². The minimum atomic E-state index is -0.989. The number of hydrogen-bond donors (Lipinski definition) is 3. The lowest BCUT2D eigenvalue weighted by atomic mass is 10.2. The lowest BCUT2D eigenvalue weighted by molar-refractivity contribution is -0.139. The number of carbonyl (C=O) groups excluding carboxylic acids is 1. The summed E-state index contributed by atoms with van der Waals surface area (Å²) in [6.45, 7) is 0.405. The number of urea groups is 1. The smallest absolute Gasteiger partial charge is 0.326 e. The Bertz CT molecular complexity index is 317. The highest BCUT2D eigenvalue weighted by Gasteiger charge is 2.37. The first-order valence-corrected chi connectivity index (χ1v) is 7.30. The number of nitrogens with one attached hydrogen (secondary N) is 2. The predicted molar refractivity (Wildman–Crippen MR) is 64.2 cm³/mol. The summed E-state index contributed by atoms with van der Waals surface area (Å²) in [5, 5.41) is 13.9. The molecule has 2 atom stereocenters. The van der Waals surface area contributed by atoms with Crippen molar-refractivity contribution in [1.82, 2.24) is 10.6 Å². The third kappa shape index (κ3) is 5.67. The van der Waals surface area contributed by atoms with E-state index in [0.717, 1.165) is 12.8 Å². The molecule has 2 amide bonds. The van der Waals surface area contributed by atoms with Crippen molar-refractivity contribution in [2.75, 3.05) is 18.6 Å². The minimum absolute atomic E-state index is 0.0707. The van der Waals surface area contributed by atoms with Gasteiger partial charge in [-0.3, -0.25) is 4.21 Å². The van der Waals surface area contributed by atoms with Gasteiger partial charge < -0.3 is 15.7 Å². The lowest BCUT2D eigenvalue weighted by Gasteiger charge is -2.14. The third-order valence-electron chi connectivity index (χ3n) is 2.54. The molecule has 1 aliphatic rings. The second-order valence-electron chi connectivity index (χ2n) is 4.18. The fourth-order valence-electron chi connectivity index (χ4n) is 1.48. The van der Waals surface area contributed by atoms with Gasteiger partial charge in [0, 0.05) is 29.4 Å². The normalized spacial score (nSPS) is 18.2. The summed E-state index contributed by atoms with van der Waals surface area (Å²) in [4.78, 5) is 22.2. The van der Waals surface area contributed by atoms with Crippen molar-refractivity contribution in [1.29, 1.82) is 0 Å². The van der Waals surface area contributed by atoms with E-state index in [-0.39, 0.29) is 5.92 Å². The van der Waals surface area contributed by atoms with Crippen LogP contribution in [-0.4, -0.2) is 45.9 Å². The number of amides is 2. The summed E-state index contributed by atoms with van der Waals surface area (Å²) in [6.07, 6.45) is 3.93. The standard InChI is InChI=1S/C10H18N2O4S/c1-17(16)6-2-5-11-10(15)12-8(9(13)14)7-3-4-7/h7-8H,2-6H2,1H3,(H,13,14)(H2,11,12,15). The molecule has 0 aromatic carbocycles. The zero-order chi connectivity index (χ0) is 12.8. The number of rotatable bonds is 7. The third-order valence-corrected chi connectivity index (χ3v) is 3.40. The molecule has 0 spiro atoms. The van der Waals surface area contributed by atoms with Gasteiger partial charge in [-0.25, -0.2) is 9.59 Å². The number of carboxylic acid groups (broad SMARTS) is 1. The fourth-order valence-corrected chi connectivity index (χ4v) is 2.03. The molecule has 1 saturated carbocycles. The second-order valence-corrected chi connectivity index (χ2v) is 5.74. The molecule has 0 saturated heterocycles. The van der Waals surface area contributed by atoms with Crippen LogP contribution in [0.25, 0.3) is 0 Å². The van der Waals surface area contributed by atoms with Crippen LogP contribution in [-0.2, 0) is 15.6 Å². The van der Waals surface area contributed by atoms with Crippen molar-refractivity contribution in [3.63, 3.8) is 0 Å². The molecule has 6 nitrogen and oxygen atoms in total. The molecule has 98 valence electrons. The number of carbonyl (C=O) groups is 2. The first-order valence-electron chi connectivity index (χ1n) is 5.58. The van der Waals surface area contributed by atoms with Gasteiger partial charge in [-0.2, -0.15) is 0 Å². The van der Waals surface area contributed by atoms with Crippen molar-refractivity contribution in [2.24, 2.45) is 5.92 Å². The van der Waals surface area contributed by atoms with Crippen molar-refractivity contribution in [2.45, 2.75) is 25.3 Å². The summed E-state index contributed by atoms with van der Waals surface area (Å²) in [5.74, 6) is -0.385. The van der Waals surface area contributed by atoms with Crippen LogP contribution in [0.1, 0.15) is 19.3 Å². The van der Waals surface area contributed by atoms with E-state index < -0.39 is 28.8 Å². The van der Waals surface area contributed by atoms with Crippen LogP contribution in [0.15, 0.2) is 0 Å². The molecule has 0 aromatic heterocycles. The van der Waals surface area contributed by atoms with Gasteiger partial charge in [0.2, 0.25) is 0 Å². The molecule has 0 radical (unpaired) electrons. The maximum absolute atomic E-state index is 11.4. The Kier molecular flexibility index (Phi) is 5.40. The first-order chi connectivity index (χ1) is 8.00. The van der Waals surface area contributed by atoms with E-state index in [2.05, 4.69) is 10.6 Å². The van der Waals surface area contributed by atoms with E-state index in [4.69, 9.17) is 5.11 Å². The highest BCUT2D eigenvalue weighted by Crippen LogP contribution is 2.32. The highest BCUT2D eigenvalue weighted by atomic mass is 32.2. The van der Waals surface area contributed by atoms with Crippen LogP contribution in [0.5, 0.6) is 0 Å². The second kappa shape index (κ2) is 6.58. The maximum Gasteiger partial charge on any atom is 0.326 e. The van der Waals surface area contributed by atoms with Crippen molar-refractivity contribution >= 4 is 22.8 Å². The summed E-state index contributed by atoms with van der Waals surface area (Å²) >= 11 is 0. The van der Waals surface area contributed by atoms with Crippen molar-refractivity contribution < 1.29 is 18.9 Å². The van der Waals surface area contributed by atoms with Gasteiger partial charge in [0.1, 0.15) is 6.04 Å². The Morgan fingerprint density at radius 1 is 1.47 bits per heavy atom. The van der Waals surface area contributed by atoms with Crippen LogP contribution in [0, 0.1) is 5.92 Å². The summed E-state index contributed by atoms with van der Waals surface area (Å²) in [7, 11) is -0.861. The van der Waals surface area contributed by atoms with E-state index in [1.165, 1.54) is 0 Å². The molecular formula is C10H18N2O4S. The molecule has 7 heteroatoms. The van der Waals surface area contributed by atoms with E-state index >= 15 is 0 Å². The molecule has 0 heterocycles. The molecule has 2 unspecified atom stereocenters. The zero-order valence-corrected chi connectivity index (χ0v) is 10.6. The SMILES string of the molecule is CS(=O)CCCNC(=O)NC(C(=O)O)C1CC1. The van der Waals surface area contributed by atoms with E-state index in [1.807, 2.05) is 0 Å². The number of aliphatic carboxylic acids is 1. The largest absolute Gasteiger partial charge is 0.480 e. The Hall–Kier alpha value is -1.11. The molecule has 1 rings (SSSR count).